The van der Waals surface area contributed by atoms with Crippen LogP contribution >= 0.6 is 27.7 Å². The summed E-state index contributed by atoms with van der Waals surface area (Å²) in [4.78, 5) is 14.4. The van der Waals surface area contributed by atoms with Gasteiger partial charge in [-0.3, -0.25) is 4.79 Å². The molecule has 2 fully saturated rings. The van der Waals surface area contributed by atoms with Gasteiger partial charge in [-0.15, -0.1) is 11.8 Å². The van der Waals surface area contributed by atoms with Crippen LogP contribution in [0.2, 0.25) is 0 Å². The number of amides is 1. The van der Waals surface area contributed by atoms with Crippen molar-refractivity contribution >= 4 is 33.6 Å². The predicted octanol–water partition coefficient (Wildman–Crippen LogP) is 2.66. The third-order valence-electron chi connectivity index (χ3n) is 3.33. The molecule has 0 spiro atoms. The second kappa shape index (κ2) is 5.58. The molecular weight excluding hydrogens is 274 g/mol. The minimum atomic E-state index is 0.268. The topological polar surface area (TPSA) is 20.3 Å². The number of hydrogen-bond donors (Lipinski definition) is 0. The SMILES string of the molecule is O=C(C1CCCS1)N(CCBr)C1CCC1. The van der Waals surface area contributed by atoms with Gasteiger partial charge >= 0.3 is 0 Å². The lowest BCUT2D eigenvalue weighted by Gasteiger charge is -2.38. The van der Waals surface area contributed by atoms with Gasteiger partial charge in [0.05, 0.1) is 5.25 Å². The van der Waals surface area contributed by atoms with Crippen LogP contribution in [0.1, 0.15) is 32.1 Å². The van der Waals surface area contributed by atoms with E-state index < -0.39 is 0 Å². The largest absolute Gasteiger partial charge is 0.338 e. The molecule has 1 aliphatic carbocycles. The Hall–Kier alpha value is 0.300. The van der Waals surface area contributed by atoms with Gasteiger partial charge in [0.1, 0.15) is 0 Å². The van der Waals surface area contributed by atoms with Crippen molar-refractivity contribution in [3.8, 4) is 0 Å². The third kappa shape index (κ3) is 2.70. The molecule has 1 amide bonds. The summed E-state index contributed by atoms with van der Waals surface area (Å²) in [7, 11) is 0. The Morgan fingerprint density at radius 2 is 2.13 bits per heavy atom. The highest BCUT2D eigenvalue weighted by atomic mass is 79.9. The van der Waals surface area contributed by atoms with Crippen molar-refractivity contribution in [1.29, 1.82) is 0 Å². The van der Waals surface area contributed by atoms with Crippen LogP contribution < -0.4 is 0 Å². The lowest BCUT2D eigenvalue weighted by Crippen LogP contribution is -2.48. The monoisotopic (exact) mass is 291 g/mol. The fraction of sp³-hybridized carbons (Fsp3) is 0.909. The lowest BCUT2D eigenvalue weighted by atomic mass is 9.91. The Labute approximate surface area is 104 Å². The summed E-state index contributed by atoms with van der Waals surface area (Å²) >= 11 is 5.30. The van der Waals surface area contributed by atoms with Crippen molar-refractivity contribution < 1.29 is 4.79 Å². The molecule has 1 heterocycles. The van der Waals surface area contributed by atoms with Crippen LogP contribution in [0.25, 0.3) is 0 Å². The Morgan fingerprint density at radius 3 is 2.60 bits per heavy atom. The Balaban J connectivity index is 1.92. The minimum Gasteiger partial charge on any atom is -0.338 e. The van der Waals surface area contributed by atoms with Gasteiger partial charge in [0, 0.05) is 17.9 Å². The third-order valence-corrected chi connectivity index (χ3v) is 5.05. The van der Waals surface area contributed by atoms with E-state index in [9.17, 15) is 4.79 Å². The molecule has 2 aliphatic rings. The van der Waals surface area contributed by atoms with Crippen LogP contribution in [-0.2, 0) is 4.79 Å². The molecule has 0 aromatic rings. The second-order valence-electron chi connectivity index (χ2n) is 4.31. The first-order chi connectivity index (χ1) is 7.33. The highest BCUT2D eigenvalue weighted by Gasteiger charge is 2.33. The van der Waals surface area contributed by atoms with Crippen LogP contribution in [0.3, 0.4) is 0 Å². The molecule has 1 atom stereocenters. The van der Waals surface area contributed by atoms with Gasteiger partial charge in [-0.2, -0.15) is 0 Å². The average molecular weight is 292 g/mol. The van der Waals surface area contributed by atoms with Crippen molar-refractivity contribution in [2.75, 3.05) is 17.6 Å². The van der Waals surface area contributed by atoms with Crippen LogP contribution in [0.5, 0.6) is 0 Å². The first kappa shape index (κ1) is 11.8. The summed E-state index contributed by atoms with van der Waals surface area (Å²) in [5, 5.41) is 1.18. The number of carbonyl (C=O) groups excluding carboxylic acids is 1. The Morgan fingerprint density at radius 1 is 1.33 bits per heavy atom. The first-order valence-electron chi connectivity index (χ1n) is 5.81. The van der Waals surface area contributed by atoms with Gasteiger partial charge in [-0.05, 0) is 37.9 Å². The van der Waals surface area contributed by atoms with Crippen molar-refractivity contribution in [2.24, 2.45) is 0 Å². The fourth-order valence-electron chi connectivity index (χ4n) is 2.22. The van der Waals surface area contributed by atoms with E-state index in [2.05, 4.69) is 20.8 Å². The quantitative estimate of drug-likeness (QED) is 0.743. The summed E-state index contributed by atoms with van der Waals surface area (Å²) in [6, 6.07) is 0.552. The van der Waals surface area contributed by atoms with Gasteiger partial charge in [0.25, 0.3) is 0 Å². The maximum atomic E-state index is 12.3. The maximum absolute atomic E-state index is 12.3. The number of rotatable bonds is 4. The van der Waals surface area contributed by atoms with Gasteiger partial charge in [0.2, 0.25) is 5.91 Å². The van der Waals surface area contributed by atoms with E-state index in [1.807, 2.05) is 11.8 Å². The zero-order valence-corrected chi connectivity index (χ0v) is 11.4. The molecule has 4 heteroatoms. The number of nitrogens with zero attached hydrogens (tertiary/aromatic N) is 1. The molecule has 15 heavy (non-hydrogen) atoms. The van der Waals surface area contributed by atoms with E-state index >= 15 is 0 Å². The average Bonchev–Trinajstić information content (AvgIpc) is 2.66. The molecule has 1 saturated carbocycles. The molecule has 2 rings (SSSR count). The highest BCUT2D eigenvalue weighted by Crippen LogP contribution is 2.31. The summed E-state index contributed by atoms with van der Waals surface area (Å²) in [6.45, 7) is 0.889. The number of carbonyl (C=O) groups is 1. The highest BCUT2D eigenvalue weighted by molar-refractivity contribution is 9.09. The van der Waals surface area contributed by atoms with Crippen LogP contribution in [0, 0.1) is 0 Å². The van der Waals surface area contributed by atoms with E-state index in [-0.39, 0.29) is 5.25 Å². The number of alkyl halides is 1. The van der Waals surface area contributed by atoms with Crippen LogP contribution in [-0.4, -0.2) is 39.7 Å². The van der Waals surface area contributed by atoms with Crippen molar-refractivity contribution in [3.05, 3.63) is 0 Å². The summed E-state index contributed by atoms with van der Waals surface area (Å²) < 4.78 is 0. The number of thioether (sulfide) groups is 1. The van der Waals surface area contributed by atoms with Gasteiger partial charge < -0.3 is 4.90 Å². The maximum Gasteiger partial charge on any atom is 0.235 e. The number of halogens is 1. The number of hydrogen-bond acceptors (Lipinski definition) is 2. The molecule has 2 nitrogen and oxygen atoms in total. The molecule has 0 aromatic heterocycles. The molecule has 0 aromatic carbocycles. The Bertz CT molecular complexity index is 227. The van der Waals surface area contributed by atoms with Crippen molar-refractivity contribution in [1.82, 2.24) is 4.90 Å². The van der Waals surface area contributed by atoms with E-state index in [4.69, 9.17) is 0 Å². The van der Waals surface area contributed by atoms with E-state index in [1.54, 1.807) is 0 Å². The standard InChI is InChI=1S/C11H18BrNOS/c12-6-7-13(9-3-1-4-9)11(14)10-5-2-8-15-10/h9-10H,1-8H2. The molecular formula is C11H18BrNOS. The lowest BCUT2D eigenvalue weighted by molar-refractivity contribution is -0.134. The smallest absolute Gasteiger partial charge is 0.235 e. The molecule has 1 unspecified atom stereocenters. The predicted molar refractivity (Wildman–Crippen MR) is 68.6 cm³/mol. The second-order valence-corrected chi connectivity index (χ2v) is 6.41. The summed E-state index contributed by atoms with van der Waals surface area (Å²) in [5.41, 5.74) is 0. The van der Waals surface area contributed by atoms with Gasteiger partial charge in [-0.1, -0.05) is 15.9 Å². The summed E-state index contributed by atoms with van der Waals surface area (Å²) in [5.74, 6) is 1.57. The molecule has 1 aliphatic heterocycles. The molecule has 0 N–H and O–H groups in total. The molecule has 0 radical (unpaired) electrons. The van der Waals surface area contributed by atoms with Crippen molar-refractivity contribution in [3.63, 3.8) is 0 Å². The van der Waals surface area contributed by atoms with E-state index in [0.29, 0.717) is 11.9 Å². The van der Waals surface area contributed by atoms with Gasteiger partial charge in [0.15, 0.2) is 0 Å². The first-order valence-corrected chi connectivity index (χ1v) is 7.98. The van der Waals surface area contributed by atoms with Gasteiger partial charge in [-0.25, -0.2) is 0 Å². The van der Waals surface area contributed by atoms with Crippen molar-refractivity contribution in [2.45, 2.75) is 43.4 Å². The molecule has 0 bridgehead atoms. The van der Waals surface area contributed by atoms with Crippen LogP contribution in [0.4, 0.5) is 0 Å². The van der Waals surface area contributed by atoms with E-state index in [1.165, 1.54) is 31.4 Å². The fourth-order valence-corrected chi connectivity index (χ4v) is 3.83. The minimum absolute atomic E-state index is 0.268. The van der Waals surface area contributed by atoms with E-state index in [0.717, 1.165) is 18.3 Å². The normalized spacial score (nSPS) is 26.3. The Kier molecular flexibility index (Phi) is 4.38. The molecule has 1 saturated heterocycles. The summed E-state index contributed by atoms with van der Waals surface area (Å²) in [6.07, 6.45) is 6.05. The van der Waals surface area contributed by atoms with Crippen LogP contribution in [0.15, 0.2) is 0 Å². The zero-order valence-electron chi connectivity index (χ0n) is 8.95. The molecule has 86 valence electrons. The zero-order chi connectivity index (χ0) is 10.7.